The maximum Gasteiger partial charge on any atom is 0.336 e. The molecule has 1 heterocycles. The number of benzene rings is 2. The molecule has 6 heteroatoms. The van der Waals surface area contributed by atoms with Crippen molar-refractivity contribution in [1.82, 2.24) is 0 Å². The van der Waals surface area contributed by atoms with Crippen LogP contribution >= 0.6 is 0 Å². The van der Waals surface area contributed by atoms with Gasteiger partial charge in [-0.25, -0.2) is 13.2 Å². The van der Waals surface area contributed by atoms with Gasteiger partial charge in [-0.3, -0.25) is 0 Å². The van der Waals surface area contributed by atoms with E-state index in [0.717, 1.165) is 47.8 Å². The van der Waals surface area contributed by atoms with Crippen molar-refractivity contribution in [2.24, 2.45) is 0 Å². The van der Waals surface area contributed by atoms with Gasteiger partial charge in [0.2, 0.25) is 0 Å². The minimum Gasteiger partial charge on any atom is -0.422 e. The third-order valence-electron chi connectivity index (χ3n) is 5.90. The Hall–Kier alpha value is -2.60. The molecule has 152 valence electrons. The molecule has 5 nitrogen and oxygen atoms in total. The first-order valence-electron chi connectivity index (χ1n) is 9.97. The molecule has 3 aromatic rings. The van der Waals surface area contributed by atoms with Crippen molar-refractivity contribution in [3.8, 4) is 0 Å². The summed E-state index contributed by atoms with van der Waals surface area (Å²) in [5.41, 5.74) is 3.77. The molecule has 0 atom stereocenters. The van der Waals surface area contributed by atoms with E-state index in [0.29, 0.717) is 22.7 Å². The van der Waals surface area contributed by atoms with Crippen LogP contribution in [0, 0.1) is 13.8 Å². The molecule has 0 radical (unpaired) electrons. The maximum atomic E-state index is 12.9. The Bertz CT molecular complexity index is 1220. The van der Waals surface area contributed by atoms with Gasteiger partial charge in [0.05, 0.1) is 10.1 Å². The highest BCUT2D eigenvalue weighted by atomic mass is 32.2. The topological polar surface area (TPSA) is 76.4 Å². The summed E-state index contributed by atoms with van der Waals surface area (Å²) >= 11 is 0. The first-order valence-corrected chi connectivity index (χ1v) is 11.5. The fourth-order valence-electron chi connectivity index (χ4n) is 4.04. The summed E-state index contributed by atoms with van der Waals surface area (Å²) in [6.45, 7) is 4.32. The molecule has 1 aliphatic rings. The van der Waals surface area contributed by atoms with Crippen molar-refractivity contribution in [3.05, 3.63) is 69.6 Å². The number of rotatable bonds is 5. The van der Waals surface area contributed by atoms with Crippen LogP contribution in [0.5, 0.6) is 0 Å². The van der Waals surface area contributed by atoms with E-state index in [1.807, 2.05) is 32.0 Å². The second-order valence-electron chi connectivity index (χ2n) is 7.81. The molecule has 29 heavy (non-hydrogen) atoms. The SMILES string of the molecule is Cc1ccc2c(CNc3cccc(S(=O)(=O)C4CCCC4)c3)cc(=O)oc2c1C. The molecule has 1 aliphatic carbocycles. The fourth-order valence-corrected chi connectivity index (χ4v) is 5.94. The molecule has 4 rings (SSSR count). The highest BCUT2D eigenvalue weighted by Gasteiger charge is 2.30. The molecule has 0 bridgehead atoms. The number of hydrogen-bond acceptors (Lipinski definition) is 5. The smallest absolute Gasteiger partial charge is 0.336 e. The van der Waals surface area contributed by atoms with Gasteiger partial charge in [0.15, 0.2) is 9.84 Å². The maximum absolute atomic E-state index is 12.9. The average molecular weight is 412 g/mol. The molecule has 2 aromatic carbocycles. The fraction of sp³-hybridized carbons (Fsp3) is 0.348. The van der Waals surface area contributed by atoms with Gasteiger partial charge in [0.1, 0.15) is 5.58 Å². The molecule has 0 spiro atoms. The largest absolute Gasteiger partial charge is 0.422 e. The van der Waals surface area contributed by atoms with Crippen LogP contribution in [0.2, 0.25) is 0 Å². The standard InChI is InChI=1S/C23H25NO4S/c1-15-10-11-21-17(12-22(25)28-23(21)16(15)2)14-24-18-6-5-9-20(13-18)29(26,27)19-7-3-4-8-19/h5-6,9-13,19,24H,3-4,7-8,14H2,1-2H3. The summed E-state index contributed by atoms with van der Waals surface area (Å²) in [5.74, 6) is 0. The van der Waals surface area contributed by atoms with Crippen LogP contribution in [0.3, 0.4) is 0 Å². The van der Waals surface area contributed by atoms with Crippen molar-refractivity contribution < 1.29 is 12.8 Å². The Kier molecular flexibility index (Phi) is 5.21. The zero-order valence-electron chi connectivity index (χ0n) is 16.7. The highest BCUT2D eigenvalue weighted by Crippen LogP contribution is 2.31. The number of anilines is 1. The van der Waals surface area contributed by atoms with E-state index < -0.39 is 9.84 Å². The summed E-state index contributed by atoms with van der Waals surface area (Å²) in [4.78, 5) is 12.4. The van der Waals surface area contributed by atoms with Gasteiger partial charge in [-0.1, -0.05) is 31.0 Å². The van der Waals surface area contributed by atoms with E-state index in [1.54, 1.807) is 18.2 Å². The van der Waals surface area contributed by atoms with Crippen LogP contribution in [0.4, 0.5) is 5.69 Å². The van der Waals surface area contributed by atoms with Gasteiger partial charge in [0, 0.05) is 23.7 Å². The molecular weight excluding hydrogens is 386 g/mol. The van der Waals surface area contributed by atoms with Gasteiger partial charge in [0.25, 0.3) is 0 Å². The van der Waals surface area contributed by atoms with E-state index >= 15 is 0 Å². The minimum absolute atomic E-state index is 0.272. The monoisotopic (exact) mass is 411 g/mol. The second kappa shape index (κ2) is 7.67. The van der Waals surface area contributed by atoms with Crippen molar-refractivity contribution in [2.75, 3.05) is 5.32 Å². The Morgan fingerprint density at radius 3 is 2.59 bits per heavy atom. The zero-order valence-corrected chi connectivity index (χ0v) is 17.5. The lowest BCUT2D eigenvalue weighted by Gasteiger charge is -2.14. The summed E-state index contributed by atoms with van der Waals surface area (Å²) in [7, 11) is -3.30. The van der Waals surface area contributed by atoms with Gasteiger partial charge in [-0.2, -0.15) is 0 Å². The normalized spacial score (nSPS) is 15.1. The van der Waals surface area contributed by atoms with Crippen LogP contribution in [0.15, 0.2) is 56.6 Å². The van der Waals surface area contributed by atoms with Crippen molar-refractivity contribution in [1.29, 1.82) is 0 Å². The lowest BCUT2D eigenvalue weighted by molar-refractivity contribution is 0.556. The van der Waals surface area contributed by atoms with E-state index in [2.05, 4.69) is 5.32 Å². The Morgan fingerprint density at radius 2 is 1.83 bits per heavy atom. The first-order chi connectivity index (χ1) is 13.9. The van der Waals surface area contributed by atoms with E-state index in [9.17, 15) is 13.2 Å². The van der Waals surface area contributed by atoms with Crippen LogP contribution in [0.25, 0.3) is 11.0 Å². The molecule has 1 aromatic heterocycles. The third-order valence-corrected chi connectivity index (χ3v) is 8.16. The Balaban J connectivity index is 1.62. The summed E-state index contributed by atoms with van der Waals surface area (Å²) < 4.78 is 31.2. The lowest BCUT2D eigenvalue weighted by Crippen LogP contribution is -2.18. The predicted molar refractivity (Wildman–Crippen MR) is 115 cm³/mol. The van der Waals surface area contributed by atoms with Crippen molar-refractivity contribution >= 4 is 26.5 Å². The molecule has 0 unspecified atom stereocenters. The minimum atomic E-state index is -3.30. The van der Waals surface area contributed by atoms with Crippen LogP contribution in [0.1, 0.15) is 42.4 Å². The number of fused-ring (bicyclic) bond motifs is 1. The van der Waals surface area contributed by atoms with Gasteiger partial charge < -0.3 is 9.73 Å². The number of nitrogens with one attached hydrogen (secondary N) is 1. The molecule has 1 saturated carbocycles. The molecular formula is C23H25NO4S. The number of sulfone groups is 1. The van der Waals surface area contributed by atoms with Gasteiger partial charge in [-0.05, 0) is 61.6 Å². The predicted octanol–water partition coefficient (Wildman–Crippen LogP) is 4.74. The van der Waals surface area contributed by atoms with E-state index in [-0.39, 0.29) is 10.9 Å². The van der Waals surface area contributed by atoms with Crippen molar-refractivity contribution in [3.63, 3.8) is 0 Å². The summed E-state index contributed by atoms with van der Waals surface area (Å²) in [6, 6.07) is 12.4. The molecule has 0 aliphatic heterocycles. The van der Waals surface area contributed by atoms with E-state index in [1.165, 1.54) is 6.07 Å². The van der Waals surface area contributed by atoms with E-state index in [4.69, 9.17) is 4.42 Å². The average Bonchev–Trinajstić information content (AvgIpc) is 3.25. The number of aryl methyl sites for hydroxylation is 2. The summed E-state index contributed by atoms with van der Waals surface area (Å²) in [5, 5.41) is 3.89. The Labute approximate surface area is 170 Å². The third kappa shape index (κ3) is 3.81. The number of hydrogen-bond donors (Lipinski definition) is 1. The van der Waals surface area contributed by atoms with Crippen LogP contribution < -0.4 is 10.9 Å². The van der Waals surface area contributed by atoms with Crippen LogP contribution in [-0.2, 0) is 16.4 Å². The first kappa shape index (κ1) is 19.7. The molecule has 1 fully saturated rings. The quantitative estimate of drug-likeness (QED) is 0.614. The van der Waals surface area contributed by atoms with Crippen molar-refractivity contribution in [2.45, 2.75) is 56.2 Å². The van der Waals surface area contributed by atoms with Crippen LogP contribution in [-0.4, -0.2) is 13.7 Å². The van der Waals surface area contributed by atoms with Gasteiger partial charge in [-0.15, -0.1) is 0 Å². The molecule has 0 saturated heterocycles. The van der Waals surface area contributed by atoms with Gasteiger partial charge >= 0.3 is 5.63 Å². The molecule has 0 amide bonds. The lowest BCUT2D eigenvalue weighted by atomic mass is 10.0. The second-order valence-corrected chi connectivity index (χ2v) is 10.0. The zero-order chi connectivity index (χ0) is 20.6. The molecule has 1 N–H and O–H groups in total. The summed E-state index contributed by atoms with van der Waals surface area (Å²) in [6.07, 6.45) is 3.43. The Morgan fingerprint density at radius 1 is 1.07 bits per heavy atom. The highest BCUT2D eigenvalue weighted by molar-refractivity contribution is 7.92.